The summed E-state index contributed by atoms with van der Waals surface area (Å²) in [6.07, 6.45) is 0. The number of rotatable bonds is 7. The Labute approximate surface area is 337 Å². The average molecular weight is 740 g/mol. The number of nitrogens with zero attached hydrogens (tertiary/aromatic N) is 1. The van der Waals surface area contributed by atoms with E-state index in [2.05, 4.69) is 217 Å². The molecule has 0 bridgehead atoms. The number of anilines is 3. The van der Waals surface area contributed by atoms with Crippen LogP contribution in [-0.2, 0) is 0 Å². The van der Waals surface area contributed by atoms with E-state index in [9.17, 15) is 0 Å². The molecule has 0 aliphatic rings. The molecule has 0 spiro atoms. The molecular weight excluding hydrogens is 703 g/mol. The van der Waals surface area contributed by atoms with E-state index >= 15 is 0 Å². The monoisotopic (exact) mass is 739 g/mol. The van der Waals surface area contributed by atoms with Gasteiger partial charge in [-0.2, -0.15) is 0 Å². The van der Waals surface area contributed by atoms with E-state index < -0.39 is 0 Å². The molecule has 58 heavy (non-hydrogen) atoms. The molecule has 1 heterocycles. The first kappa shape index (κ1) is 33.6. The Morgan fingerprint density at radius 1 is 0.259 bits per heavy atom. The molecule has 11 aromatic rings. The van der Waals surface area contributed by atoms with Gasteiger partial charge in [0.05, 0.1) is 0 Å². The lowest BCUT2D eigenvalue weighted by atomic mass is 9.94. The van der Waals surface area contributed by atoms with Gasteiger partial charge in [-0.25, -0.2) is 0 Å². The van der Waals surface area contributed by atoms with Gasteiger partial charge < -0.3 is 9.32 Å². The van der Waals surface area contributed by atoms with Gasteiger partial charge in [-0.3, -0.25) is 0 Å². The van der Waals surface area contributed by atoms with Gasteiger partial charge in [0.2, 0.25) is 0 Å². The third-order valence-electron chi connectivity index (χ3n) is 11.5. The fourth-order valence-corrected chi connectivity index (χ4v) is 8.65. The third-order valence-corrected chi connectivity index (χ3v) is 11.5. The fraction of sp³-hybridized carbons (Fsp3) is 0. The Kier molecular flexibility index (Phi) is 8.19. The molecule has 0 aliphatic heterocycles. The molecule has 1 aromatic heterocycles. The highest BCUT2D eigenvalue weighted by Crippen LogP contribution is 2.41. The summed E-state index contributed by atoms with van der Waals surface area (Å²) in [5, 5.41) is 7.33. The SMILES string of the molecule is c1ccc(-c2ccccc2-c2cccc(N(c3ccc(-c4ccc5oc6ccccc6c5c4)cc3)c3ccc(-c4cccc5c4ccc4ccccc45)cc3)c2)cc1. The number of fused-ring (bicyclic) bond motifs is 6. The topological polar surface area (TPSA) is 16.4 Å². The van der Waals surface area contributed by atoms with Crippen molar-refractivity contribution in [2.75, 3.05) is 4.90 Å². The van der Waals surface area contributed by atoms with E-state index in [0.29, 0.717) is 0 Å². The van der Waals surface area contributed by atoms with Crippen molar-refractivity contribution in [1.82, 2.24) is 0 Å². The molecular formula is C56H37NO. The Morgan fingerprint density at radius 3 is 1.64 bits per heavy atom. The van der Waals surface area contributed by atoms with Crippen molar-refractivity contribution in [3.05, 3.63) is 224 Å². The van der Waals surface area contributed by atoms with Gasteiger partial charge in [-0.05, 0) is 121 Å². The first-order valence-electron chi connectivity index (χ1n) is 19.8. The molecule has 0 amide bonds. The molecule has 0 aliphatic carbocycles. The van der Waals surface area contributed by atoms with Gasteiger partial charge in [0, 0.05) is 27.8 Å². The molecule has 10 aromatic carbocycles. The van der Waals surface area contributed by atoms with Crippen LogP contribution in [-0.4, -0.2) is 0 Å². The molecule has 272 valence electrons. The van der Waals surface area contributed by atoms with Crippen molar-refractivity contribution in [1.29, 1.82) is 0 Å². The van der Waals surface area contributed by atoms with Crippen LogP contribution >= 0.6 is 0 Å². The van der Waals surface area contributed by atoms with Crippen molar-refractivity contribution in [2.24, 2.45) is 0 Å². The van der Waals surface area contributed by atoms with Gasteiger partial charge in [0.15, 0.2) is 0 Å². The summed E-state index contributed by atoms with van der Waals surface area (Å²) < 4.78 is 6.13. The minimum Gasteiger partial charge on any atom is -0.456 e. The molecule has 0 saturated heterocycles. The molecule has 0 atom stereocenters. The van der Waals surface area contributed by atoms with E-state index in [1.807, 2.05) is 12.1 Å². The lowest BCUT2D eigenvalue weighted by Crippen LogP contribution is -2.10. The van der Waals surface area contributed by atoms with Crippen molar-refractivity contribution in [3.63, 3.8) is 0 Å². The van der Waals surface area contributed by atoms with Crippen molar-refractivity contribution in [3.8, 4) is 44.5 Å². The van der Waals surface area contributed by atoms with Crippen LogP contribution < -0.4 is 4.90 Å². The maximum Gasteiger partial charge on any atom is 0.135 e. The van der Waals surface area contributed by atoms with Crippen molar-refractivity contribution in [2.45, 2.75) is 0 Å². The number of furan rings is 1. The third kappa shape index (κ3) is 5.91. The fourth-order valence-electron chi connectivity index (χ4n) is 8.65. The number of hydrogen-bond donors (Lipinski definition) is 0. The van der Waals surface area contributed by atoms with E-state index in [1.165, 1.54) is 54.9 Å². The first-order valence-corrected chi connectivity index (χ1v) is 19.8. The van der Waals surface area contributed by atoms with Crippen LogP contribution in [0, 0.1) is 0 Å². The van der Waals surface area contributed by atoms with Gasteiger partial charge in [0.25, 0.3) is 0 Å². The van der Waals surface area contributed by atoms with Crippen molar-refractivity contribution >= 4 is 60.5 Å². The number of hydrogen-bond acceptors (Lipinski definition) is 2. The lowest BCUT2D eigenvalue weighted by molar-refractivity contribution is 0.669. The standard InChI is InChI=1S/C56H37NO/c1-2-12-39(13-3-1)47-17-6-7-19-50(47)43-15-10-16-46(36-43)57(44-30-24-38(25-31-44)42-29-35-56-54(37-42)53-20-8-9-23-55(53)58-56)45-32-26-41(27-33-45)49-21-11-22-51-48-18-5-4-14-40(48)28-34-52(49)51/h1-37H. The van der Waals surface area contributed by atoms with Gasteiger partial charge in [-0.15, -0.1) is 0 Å². The Balaban J connectivity index is 1.01. The van der Waals surface area contributed by atoms with E-state index in [0.717, 1.165) is 50.1 Å². The first-order chi connectivity index (χ1) is 28.7. The molecule has 0 saturated carbocycles. The van der Waals surface area contributed by atoms with Crippen LogP contribution in [0.25, 0.3) is 88.0 Å². The molecule has 0 unspecified atom stereocenters. The smallest absolute Gasteiger partial charge is 0.135 e. The summed E-state index contributed by atoms with van der Waals surface area (Å²) >= 11 is 0. The Hall–Kier alpha value is -7.68. The zero-order valence-corrected chi connectivity index (χ0v) is 31.7. The Bertz CT molecular complexity index is 3270. The lowest BCUT2D eigenvalue weighted by Gasteiger charge is -2.27. The summed E-state index contributed by atoms with van der Waals surface area (Å²) in [7, 11) is 0. The van der Waals surface area contributed by atoms with Crippen LogP contribution in [0.4, 0.5) is 17.1 Å². The summed E-state index contributed by atoms with van der Waals surface area (Å²) in [4.78, 5) is 2.37. The molecule has 2 heteroatoms. The highest BCUT2D eigenvalue weighted by atomic mass is 16.3. The zero-order valence-electron chi connectivity index (χ0n) is 31.7. The van der Waals surface area contributed by atoms with Crippen LogP contribution in [0.2, 0.25) is 0 Å². The predicted octanol–water partition coefficient (Wildman–Crippen LogP) is 16.0. The predicted molar refractivity (Wildman–Crippen MR) is 245 cm³/mol. The summed E-state index contributed by atoms with van der Waals surface area (Å²) in [5.74, 6) is 0. The van der Waals surface area contributed by atoms with Crippen LogP contribution in [0.3, 0.4) is 0 Å². The van der Waals surface area contributed by atoms with Gasteiger partial charge >= 0.3 is 0 Å². The van der Waals surface area contributed by atoms with Crippen LogP contribution in [0.15, 0.2) is 229 Å². The highest BCUT2D eigenvalue weighted by molar-refractivity contribution is 6.12. The largest absolute Gasteiger partial charge is 0.456 e. The van der Waals surface area contributed by atoms with E-state index in [4.69, 9.17) is 4.42 Å². The van der Waals surface area contributed by atoms with E-state index in [-0.39, 0.29) is 0 Å². The quantitative estimate of drug-likeness (QED) is 0.151. The van der Waals surface area contributed by atoms with Crippen LogP contribution in [0.5, 0.6) is 0 Å². The number of benzene rings is 10. The molecule has 2 nitrogen and oxygen atoms in total. The maximum atomic E-state index is 6.13. The summed E-state index contributed by atoms with van der Waals surface area (Å²) in [6.45, 7) is 0. The molecule has 11 rings (SSSR count). The Morgan fingerprint density at radius 2 is 0.828 bits per heavy atom. The van der Waals surface area contributed by atoms with Crippen LogP contribution in [0.1, 0.15) is 0 Å². The minimum atomic E-state index is 0.904. The average Bonchev–Trinajstić information content (AvgIpc) is 3.68. The second-order valence-corrected chi connectivity index (χ2v) is 14.9. The van der Waals surface area contributed by atoms with E-state index in [1.54, 1.807) is 0 Å². The summed E-state index contributed by atoms with van der Waals surface area (Å²) in [6, 6.07) is 80.8. The molecule has 0 N–H and O–H groups in total. The van der Waals surface area contributed by atoms with Crippen molar-refractivity contribution < 1.29 is 4.42 Å². The minimum absolute atomic E-state index is 0.904. The van der Waals surface area contributed by atoms with Gasteiger partial charge in [0.1, 0.15) is 11.2 Å². The summed E-state index contributed by atoms with van der Waals surface area (Å²) in [5.41, 5.74) is 14.6. The molecule has 0 fully saturated rings. The maximum absolute atomic E-state index is 6.13. The normalized spacial score (nSPS) is 11.4. The van der Waals surface area contributed by atoms with Gasteiger partial charge in [-0.1, -0.05) is 170 Å². The number of para-hydroxylation sites is 1. The highest BCUT2D eigenvalue weighted by Gasteiger charge is 2.17. The second kappa shape index (κ2) is 14.1. The zero-order chi connectivity index (χ0) is 38.4. The second-order valence-electron chi connectivity index (χ2n) is 14.9. The molecule has 0 radical (unpaired) electrons.